The first-order valence-electron chi connectivity index (χ1n) is 4.50. The summed E-state index contributed by atoms with van der Waals surface area (Å²) in [6.45, 7) is 0. The molecule has 0 radical (unpaired) electrons. The highest BCUT2D eigenvalue weighted by molar-refractivity contribution is 5.87. The number of nitriles is 1. The molecule has 5 heteroatoms. The molecule has 1 aromatic carbocycles. The zero-order valence-electron chi connectivity index (χ0n) is 8.44. The van der Waals surface area contributed by atoms with Gasteiger partial charge >= 0.3 is 0 Å². The van der Waals surface area contributed by atoms with Crippen molar-refractivity contribution in [1.82, 2.24) is 4.98 Å². The molecule has 0 fully saturated rings. The van der Waals surface area contributed by atoms with Crippen molar-refractivity contribution in [2.45, 2.75) is 0 Å². The first-order chi connectivity index (χ1) is 7.67. The Hall–Kier alpha value is -2.48. The largest absolute Gasteiger partial charge is 0.506 e. The van der Waals surface area contributed by atoms with Crippen LogP contribution in [0.4, 0.5) is 0 Å². The molecule has 0 atom stereocenters. The first kappa shape index (κ1) is 10.1. The number of ether oxygens (including phenoxy) is 1. The van der Waals surface area contributed by atoms with Crippen LogP contribution in [0.5, 0.6) is 11.5 Å². The van der Waals surface area contributed by atoms with Gasteiger partial charge < -0.3 is 14.8 Å². The second-order valence-corrected chi connectivity index (χ2v) is 3.20. The summed E-state index contributed by atoms with van der Waals surface area (Å²) in [4.78, 5) is 13.9. The Morgan fingerprint density at radius 1 is 1.50 bits per heavy atom. The maximum absolute atomic E-state index is 11.4. The number of benzene rings is 1. The number of nitrogens with zero attached hydrogens (tertiary/aromatic N) is 1. The van der Waals surface area contributed by atoms with E-state index < -0.39 is 5.56 Å². The standard InChI is InChI=1S/C11H8N2O3/c1-16-6-2-3-7-9(4-6)13-11(15)8(5-12)10(7)14/h2-4H,1H3,(H2,13,14,15). The summed E-state index contributed by atoms with van der Waals surface area (Å²) in [6, 6.07) is 6.46. The zero-order valence-corrected chi connectivity index (χ0v) is 8.44. The number of rotatable bonds is 1. The van der Waals surface area contributed by atoms with Gasteiger partial charge in [0.2, 0.25) is 0 Å². The maximum atomic E-state index is 11.4. The van der Waals surface area contributed by atoms with Gasteiger partial charge in [0.1, 0.15) is 17.6 Å². The number of hydrogen-bond donors (Lipinski definition) is 2. The minimum Gasteiger partial charge on any atom is -0.506 e. The van der Waals surface area contributed by atoms with E-state index in [4.69, 9.17) is 10.00 Å². The molecule has 0 aliphatic carbocycles. The Morgan fingerprint density at radius 2 is 2.25 bits per heavy atom. The summed E-state index contributed by atoms with van der Waals surface area (Å²) >= 11 is 0. The Balaban J connectivity index is 2.88. The second-order valence-electron chi connectivity index (χ2n) is 3.20. The highest BCUT2D eigenvalue weighted by Gasteiger charge is 2.11. The van der Waals surface area contributed by atoms with E-state index in [0.29, 0.717) is 16.7 Å². The molecule has 0 unspecified atom stereocenters. The number of hydrogen-bond acceptors (Lipinski definition) is 4. The molecule has 2 N–H and O–H groups in total. The summed E-state index contributed by atoms with van der Waals surface area (Å²) in [7, 11) is 1.50. The van der Waals surface area contributed by atoms with E-state index in [2.05, 4.69) is 4.98 Å². The SMILES string of the molecule is COc1ccc2c(O)c(C#N)c(=O)[nH]c2c1. The molecule has 0 aliphatic heterocycles. The van der Waals surface area contributed by atoms with Crippen molar-refractivity contribution in [3.8, 4) is 17.6 Å². The third-order valence-electron chi connectivity index (χ3n) is 2.31. The van der Waals surface area contributed by atoms with Gasteiger partial charge in [0.15, 0.2) is 5.56 Å². The molecular weight excluding hydrogens is 208 g/mol. The van der Waals surface area contributed by atoms with Gasteiger partial charge in [0.25, 0.3) is 5.56 Å². The van der Waals surface area contributed by atoms with Crippen LogP contribution >= 0.6 is 0 Å². The fourth-order valence-corrected chi connectivity index (χ4v) is 1.49. The van der Waals surface area contributed by atoms with E-state index in [-0.39, 0.29) is 11.3 Å². The molecule has 80 valence electrons. The average molecular weight is 216 g/mol. The van der Waals surface area contributed by atoms with Crippen LogP contribution in [0.15, 0.2) is 23.0 Å². The lowest BCUT2D eigenvalue weighted by Crippen LogP contribution is -2.10. The summed E-state index contributed by atoms with van der Waals surface area (Å²) in [5.74, 6) is 0.260. The van der Waals surface area contributed by atoms with Gasteiger partial charge in [-0.15, -0.1) is 0 Å². The summed E-state index contributed by atoms with van der Waals surface area (Å²) < 4.78 is 4.99. The predicted molar refractivity (Wildman–Crippen MR) is 57.5 cm³/mol. The molecular formula is C11H8N2O3. The number of aromatic amines is 1. The molecule has 0 spiro atoms. The normalized spacial score (nSPS) is 10.0. The van der Waals surface area contributed by atoms with Crippen molar-refractivity contribution in [2.75, 3.05) is 7.11 Å². The van der Waals surface area contributed by atoms with Crippen LogP contribution in [0, 0.1) is 11.3 Å². The van der Waals surface area contributed by atoms with Crippen molar-refractivity contribution in [1.29, 1.82) is 5.26 Å². The molecule has 16 heavy (non-hydrogen) atoms. The van der Waals surface area contributed by atoms with Crippen LogP contribution in [-0.2, 0) is 0 Å². The lowest BCUT2D eigenvalue weighted by molar-refractivity contribution is 0.415. The van der Waals surface area contributed by atoms with Crippen LogP contribution in [0.25, 0.3) is 10.9 Å². The molecule has 0 aliphatic rings. The molecule has 1 heterocycles. The molecule has 2 aromatic rings. The third-order valence-corrected chi connectivity index (χ3v) is 2.31. The lowest BCUT2D eigenvalue weighted by atomic mass is 10.1. The van der Waals surface area contributed by atoms with E-state index in [1.807, 2.05) is 0 Å². The van der Waals surface area contributed by atoms with Crippen LogP contribution in [0.1, 0.15) is 5.56 Å². The second kappa shape index (κ2) is 3.59. The number of aromatic hydroxyl groups is 1. The Kier molecular flexibility index (Phi) is 2.25. The van der Waals surface area contributed by atoms with Gasteiger partial charge in [-0.3, -0.25) is 4.79 Å². The van der Waals surface area contributed by atoms with E-state index in [0.717, 1.165) is 0 Å². The van der Waals surface area contributed by atoms with Crippen LogP contribution in [-0.4, -0.2) is 17.2 Å². The summed E-state index contributed by atoms with van der Waals surface area (Å²) in [5.41, 5.74) is -0.459. The summed E-state index contributed by atoms with van der Waals surface area (Å²) in [5, 5.41) is 18.8. The third kappa shape index (κ3) is 1.37. The smallest absolute Gasteiger partial charge is 0.270 e. The average Bonchev–Trinajstić information content (AvgIpc) is 2.28. The highest BCUT2D eigenvalue weighted by Crippen LogP contribution is 2.26. The Labute approximate surface area is 90.5 Å². The molecule has 0 bridgehead atoms. The van der Waals surface area contributed by atoms with E-state index in [1.165, 1.54) is 7.11 Å². The lowest BCUT2D eigenvalue weighted by Gasteiger charge is -2.04. The van der Waals surface area contributed by atoms with Crippen molar-refractivity contribution in [2.24, 2.45) is 0 Å². The van der Waals surface area contributed by atoms with Crippen LogP contribution in [0.2, 0.25) is 0 Å². The monoisotopic (exact) mass is 216 g/mol. The quantitative estimate of drug-likeness (QED) is 0.747. The van der Waals surface area contributed by atoms with Crippen molar-refractivity contribution < 1.29 is 9.84 Å². The number of H-pyrrole nitrogens is 1. The molecule has 2 rings (SSSR count). The molecule has 0 saturated carbocycles. The predicted octanol–water partition coefficient (Wildman–Crippen LogP) is 1.11. The number of methoxy groups -OCH3 is 1. The van der Waals surface area contributed by atoms with Gasteiger partial charge in [-0.2, -0.15) is 5.26 Å². The van der Waals surface area contributed by atoms with Gasteiger partial charge in [-0.25, -0.2) is 0 Å². The molecule has 5 nitrogen and oxygen atoms in total. The van der Waals surface area contributed by atoms with Gasteiger partial charge in [-0.05, 0) is 12.1 Å². The van der Waals surface area contributed by atoms with Crippen molar-refractivity contribution in [3.05, 3.63) is 34.1 Å². The number of fused-ring (bicyclic) bond motifs is 1. The minimum absolute atomic E-state index is 0.280. The molecule has 0 saturated heterocycles. The summed E-state index contributed by atoms with van der Waals surface area (Å²) in [6.07, 6.45) is 0. The maximum Gasteiger partial charge on any atom is 0.270 e. The Bertz CT molecular complexity index is 653. The van der Waals surface area contributed by atoms with Gasteiger partial charge in [0.05, 0.1) is 12.6 Å². The minimum atomic E-state index is -0.610. The Morgan fingerprint density at radius 3 is 2.88 bits per heavy atom. The van der Waals surface area contributed by atoms with E-state index >= 15 is 0 Å². The van der Waals surface area contributed by atoms with Gasteiger partial charge in [0, 0.05) is 11.5 Å². The van der Waals surface area contributed by atoms with Crippen LogP contribution in [0.3, 0.4) is 0 Å². The fourth-order valence-electron chi connectivity index (χ4n) is 1.49. The first-order valence-corrected chi connectivity index (χ1v) is 4.50. The topological polar surface area (TPSA) is 86.1 Å². The van der Waals surface area contributed by atoms with Crippen molar-refractivity contribution >= 4 is 10.9 Å². The zero-order chi connectivity index (χ0) is 11.7. The number of pyridine rings is 1. The molecule has 1 aromatic heterocycles. The van der Waals surface area contributed by atoms with Crippen molar-refractivity contribution in [3.63, 3.8) is 0 Å². The fraction of sp³-hybridized carbons (Fsp3) is 0.0909. The number of aromatic nitrogens is 1. The van der Waals surface area contributed by atoms with E-state index in [9.17, 15) is 9.90 Å². The molecule has 0 amide bonds. The van der Waals surface area contributed by atoms with Crippen LogP contribution < -0.4 is 10.3 Å². The van der Waals surface area contributed by atoms with E-state index in [1.54, 1.807) is 24.3 Å². The number of nitrogens with one attached hydrogen (secondary N) is 1. The highest BCUT2D eigenvalue weighted by atomic mass is 16.5. The van der Waals surface area contributed by atoms with Gasteiger partial charge in [-0.1, -0.05) is 0 Å².